The molecule has 0 aromatic carbocycles. The van der Waals surface area contributed by atoms with E-state index in [9.17, 15) is 9.59 Å². The Morgan fingerprint density at radius 2 is 1.14 bits per heavy atom. The summed E-state index contributed by atoms with van der Waals surface area (Å²) in [6.07, 6.45) is 19.3. The lowest BCUT2D eigenvalue weighted by Gasteiger charge is -2.15. The maximum atomic E-state index is 11.9. The standard InChI is InChI=1S/C25H48O4/c1-4-7-9-10-11-12-13-14-15-16-17-22-28-24(26)20-18-21-25(27)29-23(6-3)19-8-5-2/h23H,4-22H2,1-3H3. The molecular formula is C25H48O4. The first-order valence-corrected chi connectivity index (χ1v) is 12.5. The molecule has 0 radical (unpaired) electrons. The van der Waals surface area contributed by atoms with Crippen molar-refractivity contribution >= 4 is 11.9 Å². The highest BCUT2D eigenvalue weighted by atomic mass is 16.5. The predicted molar refractivity (Wildman–Crippen MR) is 121 cm³/mol. The van der Waals surface area contributed by atoms with Crippen LogP contribution in [-0.4, -0.2) is 24.6 Å². The minimum absolute atomic E-state index is 0.0236. The average Bonchev–Trinajstić information content (AvgIpc) is 2.71. The van der Waals surface area contributed by atoms with Crippen LogP contribution >= 0.6 is 0 Å². The van der Waals surface area contributed by atoms with E-state index in [0.29, 0.717) is 25.9 Å². The third-order valence-corrected chi connectivity index (χ3v) is 5.41. The molecule has 0 rings (SSSR count). The van der Waals surface area contributed by atoms with E-state index in [4.69, 9.17) is 9.47 Å². The van der Waals surface area contributed by atoms with Crippen molar-refractivity contribution in [3.8, 4) is 0 Å². The Bertz CT molecular complexity index is 381. The molecule has 172 valence electrons. The second-order valence-corrected chi connectivity index (χ2v) is 8.27. The number of carbonyl (C=O) groups excluding carboxylic acids is 2. The SMILES string of the molecule is CCCCCCCCCCCCCOC(=O)CCCC(=O)OC(CC)CCCC. The molecule has 0 aliphatic carbocycles. The monoisotopic (exact) mass is 412 g/mol. The molecule has 0 aliphatic heterocycles. The van der Waals surface area contributed by atoms with Gasteiger partial charge in [-0.1, -0.05) is 97.8 Å². The van der Waals surface area contributed by atoms with Crippen molar-refractivity contribution in [2.24, 2.45) is 0 Å². The summed E-state index contributed by atoms with van der Waals surface area (Å²) in [5.74, 6) is -0.381. The van der Waals surface area contributed by atoms with Crippen molar-refractivity contribution in [3.63, 3.8) is 0 Å². The summed E-state index contributed by atoms with van der Waals surface area (Å²) in [4.78, 5) is 23.6. The lowest BCUT2D eigenvalue weighted by atomic mass is 10.1. The van der Waals surface area contributed by atoms with Crippen LogP contribution in [0.2, 0.25) is 0 Å². The van der Waals surface area contributed by atoms with E-state index >= 15 is 0 Å². The second-order valence-electron chi connectivity index (χ2n) is 8.27. The van der Waals surface area contributed by atoms with E-state index in [0.717, 1.165) is 38.5 Å². The Morgan fingerprint density at radius 3 is 1.69 bits per heavy atom. The molecular weight excluding hydrogens is 364 g/mol. The van der Waals surface area contributed by atoms with Crippen LogP contribution in [-0.2, 0) is 19.1 Å². The average molecular weight is 413 g/mol. The predicted octanol–water partition coefficient (Wildman–Crippen LogP) is 7.52. The molecule has 0 aliphatic rings. The molecule has 1 atom stereocenters. The first-order valence-electron chi connectivity index (χ1n) is 12.5. The van der Waals surface area contributed by atoms with Gasteiger partial charge in [-0.25, -0.2) is 0 Å². The second kappa shape index (κ2) is 21.6. The van der Waals surface area contributed by atoms with Gasteiger partial charge in [-0.2, -0.15) is 0 Å². The smallest absolute Gasteiger partial charge is 0.306 e. The summed E-state index contributed by atoms with van der Waals surface area (Å²) in [5, 5.41) is 0. The number of hydrogen-bond acceptors (Lipinski definition) is 4. The fourth-order valence-corrected chi connectivity index (χ4v) is 3.42. The molecule has 4 nitrogen and oxygen atoms in total. The lowest BCUT2D eigenvalue weighted by Crippen LogP contribution is -2.17. The molecule has 0 saturated carbocycles. The van der Waals surface area contributed by atoms with Crippen LogP contribution in [0.1, 0.15) is 136 Å². The zero-order valence-corrected chi connectivity index (χ0v) is 19.6. The highest BCUT2D eigenvalue weighted by Crippen LogP contribution is 2.12. The molecule has 0 fully saturated rings. The number of carbonyl (C=O) groups is 2. The zero-order valence-electron chi connectivity index (χ0n) is 19.6. The minimum atomic E-state index is -0.192. The van der Waals surface area contributed by atoms with E-state index in [2.05, 4.69) is 13.8 Å². The van der Waals surface area contributed by atoms with Gasteiger partial charge in [-0.05, 0) is 25.7 Å². The van der Waals surface area contributed by atoms with E-state index < -0.39 is 0 Å². The molecule has 0 aromatic heterocycles. The molecule has 0 spiro atoms. The summed E-state index contributed by atoms with van der Waals surface area (Å²) in [5.41, 5.74) is 0. The molecule has 1 unspecified atom stereocenters. The van der Waals surface area contributed by atoms with Crippen LogP contribution in [0.25, 0.3) is 0 Å². The van der Waals surface area contributed by atoms with Gasteiger partial charge in [0.05, 0.1) is 6.61 Å². The van der Waals surface area contributed by atoms with Gasteiger partial charge in [0.2, 0.25) is 0 Å². The van der Waals surface area contributed by atoms with Gasteiger partial charge in [0.1, 0.15) is 6.10 Å². The van der Waals surface area contributed by atoms with Gasteiger partial charge in [-0.15, -0.1) is 0 Å². The Balaban J connectivity index is 3.44. The minimum Gasteiger partial charge on any atom is -0.466 e. The van der Waals surface area contributed by atoms with Crippen molar-refractivity contribution in [3.05, 3.63) is 0 Å². The van der Waals surface area contributed by atoms with Crippen LogP contribution in [0.3, 0.4) is 0 Å². The van der Waals surface area contributed by atoms with Crippen LogP contribution < -0.4 is 0 Å². The quantitative estimate of drug-likeness (QED) is 0.144. The fourth-order valence-electron chi connectivity index (χ4n) is 3.42. The fraction of sp³-hybridized carbons (Fsp3) is 0.920. The topological polar surface area (TPSA) is 52.6 Å². The van der Waals surface area contributed by atoms with Crippen molar-refractivity contribution in [2.45, 2.75) is 142 Å². The van der Waals surface area contributed by atoms with Crippen molar-refractivity contribution in [1.29, 1.82) is 0 Å². The number of unbranched alkanes of at least 4 members (excludes halogenated alkanes) is 11. The molecule has 29 heavy (non-hydrogen) atoms. The summed E-state index contributed by atoms with van der Waals surface area (Å²) in [7, 11) is 0. The highest BCUT2D eigenvalue weighted by molar-refractivity contribution is 5.72. The van der Waals surface area contributed by atoms with Gasteiger partial charge in [-0.3, -0.25) is 9.59 Å². The number of ether oxygens (including phenoxy) is 2. The maximum Gasteiger partial charge on any atom is 0.306 e. The summed E-state index contributed by atoms with van der Waals surface area (Å²) in [6, 6.07) is 0. The molecule has 0 saturated heterocycles. The van der Waals surface area contributed by atoms with E-state index in [1.54, 1.807) is 0 Å². The maximum absolute atomic E-state index is 11.9. The third kappa shape index (κ3) is 20.0. The first kappa shape index (κ1) is 27.9. The van der Waals surface area contributed by atoms with Crippen molar-refractivity contribution in [2.75, 3.05) is 6.61 Å². The molecule has 0 aromatic rings. The van der Waals surface area contributed by atoms with Gasteiger partial charge in [0, 0.05) is 12.8 Å². The van der Waals surface area contributed by atoms with Crippen molar-refractivity contribution < 1.29 is 19.1 Å². The summed E-state index contributed by atoms with van der Waals surface area (Å²) < 4.78 is 10.7. The zero-order chi connectivity index (χ0) is 21.6. The van der Waals surface area contributed by atoms with Gasteiger partial charge < -0.3 is 9.47 Å². The molecule has 0 heterocycles. The van der Waals surface area contributed by atoms with E-state index in [-0.39, 0.29) is 18.0 Å². The third-order valence-electron chi connectivity index (χ3n) is 5.41. The number of esters is 2. The van der Waals surface area contributed by atoms with E-state index in [1.165, 1.54) is 57.8 Å². The lowest BCUT2D eigenvalue weighted by molar-refractivity contribution is -0.150. The normalized spacial score (nSPS) is 12.0. The Hall–Kier alpha value is -1.06. The van der Waals surface area contributed by atoms with Crippen LogP contribution in [0.5, 0.6) is 0 Å². The molecule has 0 bridgehead atoms. The Labute approximate surface area is 180 Å². The van der Waals surface area contributed by atoms with Gasteiger partial charge in [0.15, 0.2) is 0 Å². The van der Waals surface area contributed by atoms with Crippen LogP contribution in [0.4, 0.5) is 0 Å². The highest BCUT2D eigenvalue weighted by Gasteiger charge is 2.13. The Morgan fingerprint density at radius 1 is 0.621 bits per heavy atom. The Kier molecular flexibility index (Phi) is 20.9. The molecule has 4 heteroatoms. The first-order chi connectivity index (χ1) is 14.1. The van der Waals surface area contributed by atoms with E-state index in [1.807, 2.05) is 6.92 Å². The van der Waals surface area contributed by atoms with Gasteiger partial charge in [0.25, 0.3) is 0 Å². The van der Waals surface area contributed by atoms with Crippen LogP contribution in [0.15, 0.2) is 0 Å². The summed E-state index contributed by atoms with van der Waals surface area (Å²) >= 11 is 0. The summed E-state index contributed by atoms with van der Waals surface area (Å²) in [6.45, 7) is 6.94. The van der Waals surface area contributed by atoms with Gasteiger partial charge >= 0.3 is 11.9 Å². The molecule has 0 amide bonds. The number of rotatable bonds is 21. The largest absolute Gasteiger partial charge is 0.466 e. The van der Waals surface area contributed by atoms with Crippen molar-refractivity contribution in [1.82, 2.24) is 0 Å². The van der Waals surface area contributed by atoms with Crippen LogP contribution in [0, 0.1) is 0 Å². The number of hydrogen-bond donors (Lipinski definition) is 0. The molecule has 0 N–H and O–H groups in total.